The van der Waals surface area contributed by atoms with Gasteiger partial charge in [0.25, 0.3) is 0 Å². The van der Waals surface area contributed by atoms with Gasteiger partial charge in [0.05, 0.1) is 17.5 Å². The molecule has 1 N–H and O–H groups in total. The molecule has 2 heterocycles. The number of sulfonamides is 1. The van der Waals surface area contributed by atoms with E-state index in [0.717, 1.165) is 28.3 Å². The van der Waals surface area contributed by atoms with Crippen LogP contribution in [-0.4, -0.2) is 29.1 Å². The molecule has 0 aliphatic heterocycles. The Bertz CT molecular complexity index is 1090. The van der Waals surface area contributed by atoms with Gasteiger partial charge in [-0.15, -0.1) is 0 Å². The van der Waals surface area contributed by atoms with Crippen LogP contribution in [0.5, 0.6) is 0 Å². The molecule has 8 nitrogen and oxygen atoms in total. The molecule has 136 valence electrons. The summed E-state index contributed by atoms with van der Waals surface area (Å²) in [5, 5.41) is 11.7. The van der Waals surface area contributed by atoms with Crippen molar-refractivity contribution in [2.45, 2.75) is 19.9 Å². The number of rotatable bonds is 5. The van der Waals surface area contributed by atoms with Crippen molar-refractivity contribution >= 4 is 32.4 Å². The van der Waals surface area contributed by atoms with Gasteiger partial charge in [-0.2, -0.15) is 0 Å². The second-order valence-corrected chi connectivity index (χ2v) is 8.06. The second kappa shape index (κ2) is 6.41. The van der Waals surface area contributed by atoms with Crippen molar-refractivity contribution in [3.8, 4) is 11.1 Å². The summed E-state index contributed by atoms with van der Waals surface area (Å²) in [6, 6.07) is 8.47. The van der Waals surface area contributed by atoms with Crippen molar-refractivity contribution in [2.75, 3.05) is 11.0 Å². The zero-order valence-electron chi connectivity index (χ0n) is 14.5. The Morgan fingerprint density at radius 1 is 1.23 bits per heavy atom. The molecule has 0 radical (unpaired) electrons. The Morgan fingerprint density at radius 3 is 2.50 bits per heavy atom. The number of nitrogens with zero attached hydrogens (tertiary/aromatic N) is 3. The predicted octanol–water partition coefficient (Wildman–Crippen LogP) is 3.56. The Morgan fingerprint density at radius 2 is 1.96 bits per heavy atom. The molecule has 0 bridgehead atoms. The number of pyridine rings is 1. The molecule has 2 aromatic heterocycles. The van der Waals surface area contributed by atoms with Crippen LogP contribution in [0.25, 0.3) is 22.0 Å². The molecule has 0 unspecified atom stereocenters. The third-order valence-corrected chi connectivity index (χ3v) is 4.55. The number of hydrogen-bond donors (Lipinski definition) is 1. The average Bonchev–Trinajstić information content (AvgIpc) is 2.92. The maximum absolute atomic E-state index is 11.5. The lowest BCUT2D eigenvalue weighted by Gasteiger charge is -2.10. The van der Waals surface area contributed by atoms with E-state index < -0.39 is 14.9 Å². The topological polar surface area (TPSA) is 107 Å². The van der Waals surface area contributed by atoms with Gasteiger partial charge in [-0.3, -0.25) is 4.72 Å². The van der Waals surface area contributed by atoms with Crippen molar-refractivity contribution in [3.05, 3.63) is 52.8 Å². The van der Waals surface area contributed by atoms with Crippen molar-refractivity contribution < 1.29 is 13.3 Å². The van der Waals surface area contributed by atoms with E-state index in [1.165, 1.54) is 12.3 Å². The monoisotopic (exact) mass is 374 g/mol. The molecule has 9 heteroatoms. The van der Waals surface area contributed by atoms with E-state index in [4.69, 9.17) is 0 Å². The molecule has 26 heavy (non-hydrogen) atoms. The SMILES string of the molecule is CC(C)n1cc(-c2ccc([N+](=O)[O-])nc2)c2ccc(NS(C)(=O)=O)cc21. The zero-order valence-corrected chi connectivity index (χ0v) is 15.3. The van der Waals surface area contributed by atoms with Crippen LogP contribution in [0, 0.1) is 10.1 Å². The summed E-state index contributed by atoms with van der Waals surface area (Å²) in [6.07, 6.45) is 4.52. The highest BCUT2D eigenvalue weighted by atomic mass is 32.2. The highest BCUT2D eigenvalue weighted by Gasteiger charge is 2.16. The van der Waals surface area contributed by atoms with Crippen molar-refractivity contribution in [2.24, 2.45) is 0 Å². The molecule has 0 saturated heterocycles. The molecule has 0 aliphatic carbocycles. The molecule has 0 saturated carbocycles. The summed E-state index contributed by atoms with van der Waals surface area (Å²) in [5.74, 6) is -0.207. The zero-order chi connectivity index (χ0) is 19.1. The Kier molecular flexibility index (Phi) is 4.41. The maximum Gasteiger partial charge on any atom is 0.363 e. The predicted molar refractivity (Wildman–Crippen MR) is 101 cm³/mol. The third-order valence-electron chi connectivity index (χ3n) is 3.94. The van der Waals surface area contributed by atoms with E-state index in [1.54, 1.807) is 18.2 Å². The molecule has 0 spiro atoms. The standard InChI is InChI=1S/C17H18N4O4S/c1-11(2)20-10-15(12-4-7-17(18-9-12)21(22)23)14-6-5-13(8-16(14)20)19-26(3,24)25/h4-11,19H,1-3H3. The van der Waals surface area contributed by atoms with Crippen LogP contribution in [-0.2, 0) is 10.0 Å². The van der Waals surface area contributed by atoms with Crippen LogP contribution in [0.1, 0.15) is 19.9 Å². The number of aromatic nitrogens is 2. The molecular formula is C17H18N4O4S. The molecule has 0 fully saturated rings. The quantitative estimate of drug-likeness (QED) is 0.543. The number of hydrogen-bond acceptors (Lipinski definition) is 5. The molecule has 3 aromatic rings. The highest BCUT2D eigenvalue weighted by Crippen LogP contribution is 2.34. The van der Waals surface area contributed by atoms with E-state index in [-0.39, 0.29) is 11.9 Å². The van der Waals surface area contributed by atoms with Gasteiger partial charge in [-0.05, 0) is 42.0 Å². The van der Waals surface area contributed by atoms with Crippen LogP contribution >= 0.6 is 0 Å². The smallest absolute Gasteiger partial charge is 0.358 e. The summed E-state index contributed by atoms with van der Waals surface area (Å²) >= 11 is 0. The van der Waals surface area contributed by atoms with E-state index >= 15 is 0 Å². The fourth-order valence-corrected chi connectivity index (χ4v) is 3.39. The molecule has 0 atom stereocenters. The minimum atomic E-state index is -3.37. The Hall–Kier alpha value is -2.94. The Labute approximate surface area is 150 Å². The van der Waals surface area contributed by atoms with Gasteiger partial charge in [0, 0.05) is 34.8 Å². The minimum absolute atomic E-state index is 0.144. The largest absolute Gasteiger partial charge is 0.363 e. The first-order valence-electron chi connectivity index (χ1n) is 7.89. The molecule has 1 aromatic carbocycles. The van der Waals surface area contributed by atoms with Crippen molar-refractivity contribution in [3.63, 3.8) is 0 Å². The third kappa shape index (κ3) is 3.52. The fraction of sp³-hybridized carbons (Fsp3) is 0.235. The lowest BCUT2D eigenvalue weighted by atomic mass is 10.1. The number of fused-ring (bicyclic) bond motifs is 1. The van der Waals surface area contributed by atoms with Crippen LogP contribution in [0.15, 0.2) is 42.7 Å². The van der Waals surface area contributed by atoms with Gasteiger partial charge in [0.1, 0.15) is 6.20 Å². The lowest BCUT2D eigenvalue weighted by Crippen LogP contribution is -2.09. The number of anilines is 1. The Balaban J connectivity index is 2.16. The maximum atomic E-state index is 11.5. The van der Waals surface area contributed by atoms with Gasteiger partial charge < -0.3 is 14.7 Å². The van der Waals surface area contributed by atoms with Crippen LogP contribution in [0.3, 0.4) is 0 Å². The summed E-state index contributed by atoms with van der Waals surface area (Å²) < 4.78 is 27.5. The first-order chi connectivity index (χ1) is 12.2. The van der Waals surface area contributed by atoms with E-state index in [2.05, 4.69) is 9.71 Å². The highest BCUT2D eigenvalue weighted by molar-refractivity contribution is 7.92. The molecule has 0 amide bonds. The van der Waals surface area contributed by atoms with E-state index in [1.807, 2.05) is 30.7 Å². The molecule has 0 aliphatic rings. The van der Waals surface area contributed by atoms with Gasteiger partial charge in [-0.1, -0.05) is 6.07 Å². The average molecular weight is 374 g/mol. The fourth-order valence-electron chi connectivity index (χ4n) is 2.84. The van der Waals surface area contributed by atoms with Crippen LogP contribution in [0.4, 0.5) is 11.5 Å². The first-order valence-corrected chi connectivity index (χ1v) is 9.78. The van der Waals surface area contributed by atoms with Gasteiger partial charge in [-0.25, -0.2) is 8.42 Å². The van der Waals surface area contributed by atoms with Crippen molar-refractivity contribution in [1.82, 2.24) is 9.55 Å². The number of nitro groups is 1. The van der Waals surface area contributed by atoms with Gasteiger partial charge in [0.15, 0.2) is 0 Å². The first kappa shape index (κ1) is 17.9. The number of nitrogens with one attached hydrogen (secondary N) is 1. The van der Waals surface area contributed by atoms with E-state index in [0.29, 0.717) is 5.69 Å². The summed E-state index contributed by atoms with van der Waals surface area (Å²) in [4.78, 5) is 14.1. The van der Waals surface area contributed by atoms with Gasteiger partial charge >= 0.3 is 5.82 Å². The molecular weight excluding hydrogens is 356 g/mol. The normalized spacial score (nSPS) is 11.8. The summed E-state index contributed by atoms with van der Waals surface area (Å²) in [7, 11) is -3.37. The summed E-state index contributed by atoms with van der Waals surface area (Å²) in [5.41, 5.74) is 2.97. The van der Waals surface area contributed by atoms with Crippen LogP contribution in [0.2, 0.25) is 0 Å². The lowest BCUT2D eigenvalue weighted by molar-refractivity contribution is -0.389. The van der Waals surface area contributed by atoms with Crippen LogP contribution < -0.4 is 4.72 Å². The molecule has 3 rings (SSSR count). The minimum Gasteiger partial charge on any atom is -0.358 e. The second-order valence-electron chi connectivity index (χ2n) is 6.31. The van der Waals surface area contributed by atoms with Gasteiger partial charge in [0.2, 0.25) is 10.0 Å². The van der Waals surface area contributed by atoms with E-state index in [9.17, 15) is 18.5 Å². The number of benzene rings is 1. The van der Waals surface area contributed by atoms with Crippen molar-refractivity contribution in [1.29, 1.82) is 0 Å². The summed E-state index contributed by atoms with van der Waals surface area (Å²) in [6.45, 7) is 4.04.